The van der Waals surface area contributed by atoms with Gasteiger partial charge in [-0.1, -0.05) is 18.2 Å². The van der Waals surface area contributed by atoms with Crippen LogP contribution in [0.3, 0.4) is 0 Å². The maximum Gasteiger partial charge on any atom is 0.134 e. The Labute approximate surface area is 125 Å². The average molecular weight is 280 g/mol. The summed E-state index contributed by atoms with van der Waals surface area (Å²) in [5.41, 5.74) is 3.00. The number of anilines is 1. The zero-order valence-corrected chi connectivity index (χ0v) is 12.6. The van der Waals surface area contributed by atoms with Crippen LogP contribution in [0.15, 0.2) is 66.5 Å². The summed E-state index contributed by atoms with van der Waals surface area (Å²) >= 11 is 0. The molecular formula is C18H20N2O. The fraction of sp³-hybridized carbons (Fsp3) is 0.167. The summed E-state index contributed by atoms with van der Waals surface area (Å²) in [5, 5.41) is 10.5. The van der Waals surface area contributed by atoms with Crippen molar-refractivity contribution in [1.82, 2.24) is 4.98 Å². The molecule has 21 heavy (non-hydrogen) atoms. The Morgan fingerprint density at radius 1 is 1.19 bits per heavy atom. The highest BCUT2D eigenvalue weighted by Crippen LogP contribution is 2.25. The molecule has 108 valence electrons. The lowest BCUT2D eigenvalue weighted by atomic mass is 10.1. The van der Waals surface area contributed by atoms with E-state index in [1.165, 1.54) is 6.20 Å². The van der Waals surface area contributed by atoms with Crippen LogP contribution in [0.25, 0.3) is 10.9 Å². The second-order valence-electron chi connectivity index (χ2n) is 4.75. The van der Waals surface area contributed by atoms with Gasteiger partial charge in [0.2, 0.25) is 0 Å². The maximum atomic E-state index is 9.56. The molecule has 0 bridgehead atoms. The predicted molar refractivity (Wildman–Crippen MR) is 89.5 cm³/mol. The molecule has 1 aromatic carbocycles. The number of hydrogen-bond acceptors (Lipinski definition) is 3. The van der Waals surface area contributed by atoms with Crippen LogP contribution in [-0.4, -0.2) is 17.1 Å². The predicted octanol–water partition coefficient (Wildman–Crippen LogP) is 4.41. The van der Waals surface area contributed by atoms with Gasteiger partial charge in [0.25, 0.3) is 0 Å². The van der Waals surface area contributed by atoms with Crippen molar-refractivity contribution in [2.45, 2.75) is 13.8 Å². The maximum absolute atomic E-state index is 9.56. The third-order valence-corrected chi connectivity index (χ3v) is 3.22. The molecule has 0 aliphatic rings. The molecule has 0 unspecified atom stereocenters. The first-order valence-corrected chi connectivity index (χ1v) is 6.94. The van der Waals surface area contributed by atoms with Crippen LogP contribution in [0.5, 0.6) is 5.75 Å². The summed E-state index contributed by atoms with van der Waals surface area (Å²) in [5.74, 6) is 0.181. The van der Waals surface area contributed by atoms with Gasteiger partial charge in [0.15, 0.2) is 0 Å². The van der Waals surface area contributed by atoms with E-state index in [1.54, 1.807) is 6.07 Å². The summed E-state index contributed by atoms with van der Waals surface area (Å²) in [6.45, 7) is 3.99. The number of fused-ring (bicyclic) bond motifs is 1. The van der Waals surface area contributed by atoms with Gasteiger partial charge in [-0.25, -0.2) is 0 Å². The van der Waals surface area contributed by atoms with Crippen LogP contribution < -0.4 is 4.90 Å². The summed E-state index contributed by atoms with van der Waals surface area (Å²) in [6.07, 6.45) is 11.6. The van der Waals surface area contributed by atoms with E-state index < -0.39 is 0 Å². The van der Waals surface area contributed by atoms with Crippen molar-refractivity contribution in [3.8, 4) is 5.75 Å². The molecule has 0 radical (unpaired) electrons. The van der Waals surface area contributed by atoms with Crippen LogP contribution in [0.1, 0.15) is 13.8 Å². The van der Waals surface area contributed by atoms with Gasteiger partial charge in [-0.05, 0) is 50.3 Å². The molecule has 0 amide bonds. The Morgan fingerprint density at radius 3 is 2.71 bits per heavy atom. The van der Waals surface area contributed by atoms with Crippen molar-refractivity contribution in [1.29, 1.82) is 0 Å². The van der Waals surface area contributed by atoms with E-state index >= 15 is 0 Å². The number of aromatic hydroxyl groups is 1. The third-order valence-electron chi connectivity index (χ3n) is 3.22. The van der Waals surface area contributed by atoms with Crippen LogP contribution in [0.2, 0.25) is 0 Å². The molecule has 0 saturated carbocycles. The second kappa shape index (κ2) is 6.75. The SMILES string of the molecule is C\C=C/C=C(\C=C\C)N(C)c1ccc2ncc(O)cc2c1. The summed E-state index contributed by atoms with van der Waals surface area (Å²) in [4.78, 5) is 6.30. The van der Waals surface area contributed by atoms with Crippen LogP contribution >= 0.6 is 0 Å². The minimum Gasteiger partial charge on any atom is -0.506 e. The van der Waals surface area contributed by atoms with Gasteiger partial charge in [-0.2, -0.15) is 0 Å². The van der Waals surface area contributed by atoms with Crippen molar-refractivity contribution in [3.05, 3.63) is 66.5 Å². The highest BCUT2D eigenvalue weighted by molar-refractivity contribution is 5.84. The second-order valence-corrected chi connectivity index (χ2v) is 4.75. The number of likely N-dealkylation sites (N-methyl/N-ethyl adjacent to an activating group) is 1. The quantitative estimate of drug-likeness (QED) is 0.843. The molecule has 3 nitrogen and oxygen atoms in total. The lowest BCUT2D eigenvalue weighted by Gasteiger charge is -2.21. The van der Waals surface area contributed by atoms with Gasteiger partial charge in [-0.3, -0.25) is 4.98 Å². The Morgan fingerprint density at radius 2 is 2.00 bits per heavy atom. The van der Waals surface area contributed by atoms with Crippen molar-refractivity contribution in [2.75, 3.05) is 11.9 Å². The van der Waals surface area contributed by atoms with E-state index in [1.807, 2.05) is 57.3 Å². The molecule has 0 aliphatic carbocycles. The highest BCUT2D eigenvalue weighted by Gasteiger charge is 2.06. The van der Waals surface area contributed by atoms with Gasteiger partial charge < -0.3 is 10.0 Å². The minimum absolute atomic E-state index is 0.181. The molecule has 0 saturated heterocycles. The van der Waals surface area contributed by atoms with Crippen molar-refractivity contribution in [2.24, 2.45) is 0 Å². The van der Waals surface area contributed by atoms with Gasteiger partial charge in [0, 0.05) is 23.8 Å². The van der Waals surface area contributed by atoms with Gasteiger partial charge >= 0.3 is 0 Å². The molecule has 1 heterocycles. The van der Waals surface area contributed by atoms with Crippen LogP contribution in [-0.2, 0) is 0 Å². The van der Waals surface area contributed by atoms with E-state index in [9.17, 15) is 5.11 Å². The number of pyridine rings is 1. The van der Waals surface area contributed by atoms with Gasteiger partial charge in [0.1, 0.15) is 5.75 Å². The van der Waals surface area contributed by atoms with E-state index in [0.29, 0.717) is 0 Å². The van der Waals surface area contributed by atoms with E-state index in [2.05, 4.69) is 22.0 Å². The largest absolute Gasteiger partial charge is 0.506 e. The Bertz CT molecular complexity index is 714. The number of aromatic nitrogens is 1. The smallest absolute Gasteiger partial charge is 0.134 e. The Hall–Kier alpha value is -2.55. The molecule has 1 aromatic heterocycles. The van der Waals surface area contributed by atoms with Crippen molar-refractivity contribution < 1.29 is 5.11 Å². The zero-order chi connectivity index (χ0) is 15.2. The van der Waals surface area contributed by atoms with E-state index in [-0.39, 0.29) is 5.75 Å². The van der Waals surface area contributed by atoms with Crippen LogP contribution in [0, 0.1) is 0 Å². The summed E-state index contributed by atoms with van der Waals surface area (Å²) < 4.78 is 0. The molecule has 0 aliphatic heterocycles. The van der Waals surface area contributed by atoms with Crippen LogP contribution in [0.4, 0.5) is 5.69 Å². The molecule has 2 rings (SSSR count). The number of benzene rings is 1. The standard InChI is InChI=1S/C18H20N2O/c1-4-6-8-15(7-5-2)20(3)16-9-10-18-14(11-16)12-17(21)13-19-18/h4-13,21H,1-3H3/b6-4-,7-5+,15-8+. The third kappa shape index (κ3) is 3.51. The topological polar surface area (TPSA) is 36.4 Å². The molecule has 1 N–H and O–H groups in total. The van der Waals surface area contributed by atoms with Gasteiger partial charge in [-0.15, -0.1) is 0 Å². The minimum atomic E-state index is 0.181. The number of allylic oxidation sites excluding steroid dienone is 5. The summed E-state index contributed by atoms with van der Waals surface area (Å²) in [6, 6.07) is 7.74. The molecule has 3 heteroatoms. The summed E-state index contributed by atoms with van der Waals surface area (Å²) in [7, 11) is 2.02. The number of hydrogen-bond donors (Lipinski definition) is 1. The van der Waals surface area contributed by atoms with Crippen molar-refractivity contribution in [3.63, 3.8) is 0 Å². The Kier molecular flexibility index (Phi) is 4.77. The van der Waals surface area contributed by atoms with Crippen molar-refractivity contribution >= 4 is 16.6 Å². The lowest BCUT2D eigenvalue weighted by Crippen LogP contribution is -2.14. The lowest BCUT2D eigenvalue weighted by molar-refractivity contribution is 0.474. The van der Waals surface area contributed by atoms with E-state index in [4.69, 9.17) is 0 Å². The fourth-order valence-corrected chi connectivity index (χ4v) is 2.11. The monoisotopic (exact) mass is 280 g/mol. The molecule has 0 fully saturated rings. The first-order valence-electron chi connectivity index (χ1n) is 6.94. The molecule has 0 spiro atoms. The molecule has 2 aromatic rings. The highest BCUT2D eigenvalue weighted by atomic mass is 16.3. The van der Waals surface area contributed by atoms with E-state index in [0.717, 1.165) is 22.3 Å². The number of rotatable bonds is 4. The molecule has 0 atom stereocenters. The normalized spacial score (nSPS) is 12.6. The first kappa shape index (κ1) is 14.9. The molecular weight excluding hydrogens is 260 g/mol. The first-order chi connectivity index (χ1) is 10.2. The zero-order valence-electron chi connectivity index (χ0n) is 12.6. The average Bonchev–Trinajstić information content (AvgIpc) is 2.50. The Balaban J connectivity index is 2.43. The fourth-order valence-electron chi connectivity index (χ4n) is 2.11. The number of nitrogens with zero attached hydrogens (tertiary/aromatic N) is 2. The van der Waals surface area contributed by atoms with Gasteiger partial charge in [0.05, 0.1) is 11.7 Å².